The number of ether oxygens (including phenoxy) is 1. The highest BCUT2D eigenvalue weighted by molar-refractivity contribution is 8.00. The van der Waals surface area contributed by atoms with Crippen molar-refractivity contribution in [3.8, 4) is 5.75 Å². The molecule has 0 spiro atoms. The molecule has 3 amide bonds. The third-order valence-electron chi connectivity index (χ3n) is 5.10. The van der Waals surface area contributed by atoms with Crippen LogP contribution in [0.25, 0.3) is 0 Å². The predicted octanol–water partition coefficient (Wildman–Crippen LogP) is 3.87. The molecule has 0 aromatic heterocycles. The second-order valence-corrected chi connectivity index (χ2v) is 8.44. The molecule has 3 N–H and O–H groups in total. The van der Waals surface area contributed by atoms with Gasteiger partial charge in [0.15, 0.2) is 0 Å². The number of hydroxylamine groups is 1. The molecule has 1 heterocycles. The first kappa shape index (κ1) is 23.6. The minimum absolute atomic E-state index is 0.00817. The van der Waals surface area contributed by atoms with Crippen LogP contribution in [0.15, 0.2) is 48.5 Å². The number of anilines is 2. The third-order valence-corrected chi connectivity index (χ3v) is 6.31. The van der Waals surface area contributed by atoms with E-state index in [1.807, 2.05) is 48.5 Å². The van der Waals surface area contributed by atoms with Gasteiger partial charge in [-0.15, -0.1) is 11.8 Å². The summed E-state index contributed by atoms with van der Waals surface area (Å²) in [5.41, 5.74) is 3.91. The van der Waals surface area contributed by atoms with Gasteiger partial charge in [-0.1, -0.05) is 30.7 Å². The van der Waals surface area contributed by atoms with E-state index in [1.54, 1.807) is 17.5 Å². The monoisotopic (exact) mass is 457 g/mol. The van der Waals surface area contributed by atoms with Crippen molar-refractivity contribution < 1.29 is 24.3 Å². The number of nitrogens with zero attached hydrogens (tertiary/aromatic N) is 1. The van der Waals surface area contributed by atoms with Crippen LogP contribution in [-0.4, -0.2) is 35.8 Å². The Labute approximate surface area is 191 Å². The maximum absolute atomic E-state index is 12.7. The van der Waals surface area contributed by atoms with E-state index in [4.69, 9.17) is 9.94 Å². The third kappa shape index (κ3) is 6.02. The van der Waals surface area contributed by atoms with Crippen LogP contribution in [0, 0.1) is 0 Å². The average molecular weight is 458 g/mol. The Hall–Kier alpha value is -3.04. The molecule has 1 unspecified atom stereocenters. The highest BCUT2D eigenvalue weighted by Gasteiger charge is 2.35. The number of benzene rings is 2. The summed E-state index contributed by atoms with van der Waals surface area (Å²) in [6.45, 7) is 0. The number of para-hydroxylation sites is 2. The smallest absolute Gasteiger partial charge is 0.243 e. The Balaban J connectivity index is 1.63. The first-order valence-corrected chi connectivity index (χ1v) is 11.5. The minimum atomic E-state index is -0.420. The number of carbonyl (C=O) groups is 3. The fourth-order valence-electron chi connectivity index (χ4n) is 3.56. The normalized spacial score (nSPS) is 15.5. The lowest BCUT2D eigenvalue weighted by atomic mass is 10.1. The number of nitrogens with one attached hydrogen (secondary N) is 2. The molecule has 3 rings (SSSR count). The number of amides is 3. The van der Waals surface area contributed by atoms with Gasteiger partial charge in [-0.2, -0.15) is 0 Å². The van der Waals surface area contributed by atoms with Crippen molar-refractivity contribution in [2.75, 3.05) is 23.1 Å². The van der Waals surface area contributed by atoms with E-state index < -0.39 is 5.91 Å². The Morgan fingerprint density at radius 1 is 1.09 bits per heavy atom. The maximum Gasteiger partial charge on any atom is 0.243 e. The van der Waals surface area contributed by atoms with Crippen molar-refractivity contribution in [2.45, 2.75) is 37.5 Å². The number of carbonyl (C=O) groups excluding carboxylic acids is 3. The summed E-state index contributed by atoms with van der Waals surface area (Å²) in [5.74, 6) is 0.485. The molecule has 8 nitrogen and oxygen atoms in total. The van der Waals surface area contributed by atoms with Gasteiger partial charge in [-0.3, -0.25) is 24.5 Å². The fraction of sp³-hybridized carbons (Fsp3) is 0.348. The van der Waals surface area contributed by atoms with E-state index >= 15 is 0 Å². The van der Waals surface area contributed by atoms with Crippen molar-refractivity contribution in [1.29, 1.82) is 0 Å². The lowest BCUT2D eigenvalue weighted by Gasteiger charge is -2.26. The van der Waals surface area contributed by atoms with Gasteiger partial charge in [-0.25, -0.2) is 5.48 Å². The molecular weight excluding hydrogens is 430 g/mol. The van der Waals surface area contributed by atoms with Gasteiger partial charge >= 0.3 is 0 Å². The van der Waals surface area contributed by atoms with Gasteiger partial charge in [0.1, 0.15) is 11.1 Å². The number of hydrogen-bond acceptors (Lipinski definition) is 6. The summed E-state index contributed by atoms with van der Waals surface area (Å²) < 4.78 is 5.45. The van der Waals surface area contributed by atoms with Crippen LogP contribution in [0.3, 0.4) is 0 Å². The molecule has 9 heteroatoms. The van der Waals surface area contributed by atoms with Crippen LogP contribution >= 0.6 is 11.8 Å². The molecule has 2 aromatic carbocycles. The summed E-state index contributed by atoms with van der Waals surface area (Å²) in [4.78, 5) is 37.7. The van der Waals surface area contributed by atoms with Crippen molar-refractivity contribution in [1.82, 2.24) is 5.48 Å². The van der Waals surface area contributed by atoms with Gasteiger partial charge in [0.2, 0.25) is 17.7 Å². The van der Waals surface area contributed by atoms with E-state index in [0.29, 0.717) is 36.5 Å². The number of unbranched alkanes of at least 4 members (excludes halogenated alkanes) is 2. The second kappa shape index (κ2) is 11.5. The summed E-state index contributed by atoms with van der Waals surface area (Å²) >= 11 is 1.53. The molecule has 2 aromatic rings. The van der Waals surface area contributed by atoms with Crippen LogP contribution in [0.1, 0.15) is 43.0 Å². The van der Waals surface area contributed by atoms with Crippen molar-refractivity contribution >= 4 is 40.9 Å². The summed E-state index contributed by atoms with van der Waals surface area (Å²) in [6.07, 6.45) is 2.56. The van der Waals surface area contributed by atoms with E-state index in [9.17, 15) is 14.4 Å². The molecule has 0 radical (unpaired) electrons. The Morgan fingerprint density at radius 3 is 2.59 bits per heavy atom. The van der Waals surface area contributed by atoms with Gasteiger partial charge in [0.05, 0.1) is 18.6 Å². The quantitative estimate of drug-likeness (QED) is 0.284. The van der Waals surface area contributed by atoms with Gasteiger partial charge in [-0.05, 0) is 42.7 Å². The molecule has 1 saturated heterocycles. The van der Waals surface area contributed by atoms with Crippen LogP contribution in [0.5, 0.6) is 5.75 Å². The molecule has 1 aliphatic heterocycles. The Morgan fingerprint density at radius 2 is 1.84 bits per heavy atom. The number of hydrogen-bond donors (Lipinski definition) is 3. The molecule has 1 atom stereocenters. The highest BCUT2D eigenvalue weighted by atomic mass is 32.2. The molecule has 32 heavy (non-hydrogen) atoms. The highest BCUT2D eigenvalue weighted by Crippen LogP contribution is 2.45. The lowest BCUT2D eigenvalue weighted by Crippen LogP contribution is -2.28. The first-order valence-electron chi connectivity index (χ1n) is 10.4. The van der Waals surface area contributed by atoms with E-state index in [0.717, 1.165) is 17.7 Å². The number of rotatable bonds is 10. The Kier molecular flexibility index (Phi) is 8.52. The van der Waals surface area contributed by atoms with E-state index in [-0.39, 0.29) is 23.6 Å². The zero-order valence-electron chi connectivity index (χ0n) is 17.9. The fourth-order valence-corrected chi connectivity index (χ4v) is 4.72. The topological polar surface area (TPSA) is 108 Å². The van der Waals surface area contributed by atoms with Crippen LogP contribution in [-0.2, 0) is 14.4 Å². The van der Waals surface area contributed by atoms with Crippen LogP contribution in [0.2, 0.25) is 0 Å². The number of methoxy groups -OCH3 is 1. The van der Waals surface area contributed by atoms with E-state index in [2.05, 4.69) is 5.32 Å². The zero-order valence-corrected chi connectivity index (χ0v) is 18.7. The van der Waals surface area contributed by atoms with Crippen LogP contribution < -0.4 is 20.4 Å². The number of thioether (sulfide) groups is 1. The summed E-state index contributed by atoms with van der Waals surface area (Å²) in [5, 5.41) is 11.2. The van der Waals surface area contributed by atoms with Gasteiger partial charge < -0.3 is 10.1 Å². The molecule has 0 saturated carbocycles. The molecule has 0 aliphatic carbocycles. The summed E-state index contributed by atoms with van der Waals surface area (Å²) in [6, 6.07) is 15.0. The van der Waals surface area contributed by atoms with Crippen molar-refractivity contribution in [3.05, 3.63) is 54.1 Å². The lowest BCUT2D eigenvalue weighted by molar-refractivity contribution is -0.129. The summed E-state index contributed by atoms with van der Waals surface area (Å²) in [7, 11) is 1.58. The van der Waals surface area contributed by atoms with Crippen molar-refractivity contribution in [3.63, 3.8) is 0 Å². The maximum atomic E-state index is 12.7. The van der Waals surface area contributed by atoms with Crippen molar-refractivity contribution in [2.24, 2.45) is 0 Å². The Bertz CT molecular complexity index is 968. The molecule has 1 aliphatic rings. The minimum Gasteiger partial charge on any atom is -0.495 e. The molecule has 0 bridgehead atoms. The van der Waals surface area contributed by atoms with E-state index in [1.165, 1.54) is 11.8 Å². The van der Waals surface area contributed by atoms with Gasteiger partial charge in [0.25, 0.3) is 0 Å². The second-order valence-electron chi connectivity index (χ2n) is 7.37. The molecule has 1 fully saturated rings. The van der Waals surface area contributed by atoms with Crippen LogP contribution in [0.4, 0.5) is 11.4 Å². The largest absolute Gasteiger partial charge is 0.495 e. The SMILES string of the molecule is COc1ccccc1N1C(=O)CSC1c1cccc(NC(=O)CCCCCC(=O)NO)c1. The standard InChI is InChI=1S/C23H27N3O5S/c1-31-19-11-6-5-10-18(19)26-22(29)15-32-23(26)16-8-7-9-17(14-16)24-20(27)12-3-2-4-13-21(28)25-30/h5-11,14,23,30H,2-4,12-13,15H2,1H3,(H,24,27)(H,25,28). The first-order chi connectivity index (χ1) is 15.5. The average Bonchev–Trinajstić information content (AvgIpc) is 3.19. The van der Waals surface area contributed by atoms with Gasteiger partial charge in [0, 0.05) is 18.5 Å². The predicted molar refractivity (Wildman–Crippen MR) is 124 cm³/mol. The zero-order chi connectivity index (χ0) is 22.9. The molecule has 170 valence electrons. The molecular formula is C23H27N3O5S.